The number of halogens is 1. The lowest BCUT2D eigenvalue weighted by atomic mass is 9.80. The van der Waals surface area contributed by atoms with Crippen LogP contribution in [-0.4, -0.2) is 32.4 Å². The third kappa shape index (κ3) is 1.83. The summed E-state index contributed by atoms with van der Waals surface area (Å²) < 4.78 is 15.1. The van der Waals surface area contributed by atoms with Crippen LogP contribution in [-0.2, 0) is 7.05 Å². The van der Waals surface area contributed by atoms with Crippen molar-refractivity contribution in [2.24, 2.45) is 7.05 Å². The van der Waals surface area contributed by atoms with Gasteiger partial charge in [0.2, 0.25) is 5.95 Å². The summed E-state index contributed by atoms with van der Waals surface area (Å²) in [7, 11) is 1.75. The van der Waals surface area contributed by atoms with E-state index in [0.717, 1.165) is 6.42 Å². The highest BCUT2D eigenvalue weighted by Gasteiger charge is 2.36. The Hall–Kier alpha value is -1.20. The highest BCUT2D eigenvalue weighted by atomic mass is 19.1. The van der Waals surface area contributed by atoms with E-state index in [-0.39, 0.29) is 0 Å². The number of nitrogens with one attached hydrogen (secondary N) is 1. The molecule has 0 amide bonds. The van der Waals surface area contributed by atoms with E-state index in [2.05, 4.69) is 20.8 Å². The summed E-state index contributed by atoms with van der Waals surface area (Å²) >= 11 is 0. The smallest absolute Gasteiger partial charge is 0.242 e. The van der Waals surface area contributed by atoms with Crippen LogP contribution >= 0.6 is 0 Å². The molecule has 1 saturated carbocycles. The number of rotatable bonds is 4. The molecule has 0 unspecified atom stereocenters. The molecule has 1 aliphatic rings. The molecule has 0 spiro atoms. The second kappa shape index (κ2) is 3.51. The number of alkyl halides is 1. The standard InChI is InChI=1S/C8H14FN5/c1-14-7(11-12-13-14)10-6-5-8(9)3-2-4-8/h2-6H2,1H3,(H,10,11,13). The minimum Gasteiger partial charge on any atom is -0.353 e. The molecule has 0 bridgehead atoms. The lowest BCUT2D eigenvalue weighted by molar-refractivity contribution is 0.0578. The van der Waals surface area contributed by atoms with Gasteiger partial charge in [0.1, 0.15) is 5.67 Å². The van der Waals surface area contributed by atoms with Gasteiger partial charge in [-0.1, -0.05) is 5.10 Å². The van der Waals surface area contributed by atoms with Crippen molar-refractivity contribution >= 4 is 5.95 Å². The number of aryl methyl sites for hydroxylation is 1. The molecule has 0 atom stereocenters. The van der Waals surface area contributed by atoms with E-state index in [1.807, 2.05) is 0 Å². The van der Waals surface area contributed by atoms with Crippen molar-refractivity contribution in [3.8, 4) is 0 Å². The van der Waals surface area contributed by atoms with Crippen molar-refractivity contribution in [1.29, 1.82) is 0 Å². The van der Waals surface area contributed by atoms with Crippen LogP contribution in [0.4, 0.5) is 10.3 Å². The van der Waals surface area contributed by atoms with E-state index in [9.17, 15) is 4.39 Å². The first-order valence-corrected chi connectivity index (χ1v) is 4.85. The molecule has 6 heteroatoms. The fourth-order valence-corrected chi connectivity index (χ4v) is 1.59. The van der Waals surface area contributed by atoms with Crippen LogP contribution in [0.5, 0.6) is 0 Å². The highest BCUT2D eigenvalue weighted by Crippen LogP contribution is 2.38. The molecular weight excluding hydrogens is 185 g/mol. The van der Waals surface area contributed by atoms with Gasteiger partial charge in [-0.15, -0.1) is 0 Å². The Kier molecular flexibility index (Phi) is 2.35. The largest absolute Gasteiger partial charge is 0.353 e. The first-order valence-electron chi connectivity index (χ1n) is 4.85. The summed E-state index contributed by atoms with van der Waals surface area (Å²) in [6, 6.07) is 0. The van der Waals surface area contributed by atoms with Gasteiger partial charge in [-0.25, -0.2) is 9.07 Å². The van der Waals surface area contributed by atoms with Crippen molar-refractivity contribution in [1.82, 2.24) is 20.2 Å². The Labute approximate surface area is 81.7 Å². The number of aromatic nitrogens is 4. The molecule has 5 nitrogen and oxygen atoms in total. The number of hydrogen-bond acceptors (Lipinski definition) is 4. The van der Waals surface area contributed by atoms with Crippen LogP contribution < -0.4 is 5.32 Å². The fourth-order valence-electron chi connectivity index (χ4n) is 1.59. The van der Waals surface area contributed by atoms with Crippen LogP contribution in [0.1, 0.15) is 25.7 Å². The van der Waals surface area contributed by atoms with Crippen LogP contribution in [0, 0.1) is 0 Å². The van der Waals surface area contributed by atoms with Crippen LogP contribution in [0.3, 0.4) is 0 Å². The van der Waals surface area contributed by atoms with E-state index in [1.165, 1.54) is 4.68 Å². The van der Waals surface area contributed by atoms with Crippen molar-refractivity contribution in [2.75, 3.05) is 11.9 Å². The molecule has 78 valence electrons. The maximum absolute atomic E-state index is 13.5. The van der Waals surface area contributed by atoms with Gasteiger partial charge in [-0.05, 0) is 36.1 Å². The Morgan fingerprint density at radius 2 is 2.36 bits per heavy atom. The lowest BCUT2D eigenvalue weighted by Crippen LogP contribution is -2.33. The van der Waals surface area contributed by atoms with Crippen LogP contribution in [0.25, 0.3) is 0 Å². The SMILES string of the molecule is Cn1nnnc1NCCC1(F)CCC1. The minimum atomic E-state index is -0.932. The van der Waals surface area contributed by atoms with Gasteiger partial charge in [0, 0.05) is 13.6 Å². The first-order chi connectivity index (χ1) is 6.70. The van der Waals surface area contributed by atoms with Crippen molar-refractivity contribution in [2.45, 2.75) is 31.4 Å². The zero-order valence-corrected chi connectivity index (χ0v) is 8.20. The van der Waals surface area contributed by atoms with E-state index < -0.39 is 5.67 Å². The second-order valence-corrected chi connectivity index (χ2v) is 3.81. The topological polar surface area (TPSA) is 55.6 Å². The first kappa shape index (κ1) is 9.36. The highest BCUT2D eigenvalue weighted by molar-refractivity contribution is 5.20. The van der Waals surface area contributed by atoms with Gasteiger partial charge >= 0.3 is 0 Å². The van der Waals surface area contributed by atoms with Crippen molar-refractivity contribution in [3.63, 3.8) is 0 Å². The van der Waals surface area contributed by atoms with Crippen LogP contribution in [0.2, 0.25) is 0 Å². The number of nitrogens with zero attached hydrogens (tertiary/aromatic N) is 4. The number of tetrazole rings is 1. The lowest BCUT2D eigenvalue weighted by Gasteiger charge is -2.33. The molecule has 1 aliphatic carbocycles. The molecule has 1 aromatic rings. The van der Waals surface area contributed by atoms with Gasteiger partial charge in [0.15, 0.2) is 0 Å². The summed E-state index contributed by atoms with van der Waals surface area (Å²) in [5, 5.41) is 13.9. The third-order valence-corrected chi connectivity index (χ3v) is 2.73. The maximum atomic E-state index is 13.5. The van der Waals surface area contributed by atoms with E-state index >= 15 is 0 Å². The summed E-state index contributed by atoms with van der Waals surface area (Å²) in [5.41, 5.74) is -0.932. The van der Waals surface area contributed by atoms with Gasteiger partial charge in [-0.2, -0.15) is 0 Å². The average molecular weight is 199 g/mol. The number of hydrogen-bond donors (Lipinski definition) is 1. The van der Waals surface area contributed by atoms with Crippen molar-refractivity contribution in [3.05, 3.63) is 0 Å². The molecule has 0 aliphatic heterocycles. The Morgan fingerprint density at radius 3 is 2.86 bits per heavy atom. The quantitative estimate of drug-likeness (QED) is 0.783. The normalized spacial score (nSPS) is 19.0. The van der Waals surface area contributed by atoms with E-state index in [0.29, 0.717) is 31.8 Å². The monoisotopic (exact) mass is 199 g/mol. The molecule has 14 heavy (non-hydrogen) atoms. The molecule has 1 fully saturated rings. The van der Waals surface area contributed by atoms with Gasteiger partial charge < -0.3 is 5.32 Å². The Balaban J connectivity index is 1.75. The molecule has 0 saturated heterocycles. The predicted octanol–water partition coefficient (Wildman–Crippen LogP) is 0.904. The average Bonchev–Trinajstić information content (AvgIpc) is 2.49. The molecule has 1 heterocycles. The Morgan fingerprint density at radius 1 is 1.57 bits per heavy atom. The predicted molar refractivity (Wildman–Crippen MR) is 49.6 cm³/mol. The zero-order chi connectivity index (χ0) is 10.0. The van der Waals surface area contributed by atoms with E-state index in [4.69, 9.17) is 0 Å². The molecule has 1 N–H and O–H groups in total. The maximum Gasteiger partial charge on any atom is 0.242 e. The van der Waals surface area contributed by atoms with Gasteiger partial charge in [0.25, 0.3) is 0 Å². The Bertz CT molecular complexity index is 306. The molecule has 1 aromatic heterocycles. The summed E-state index contributed by atoms with van der Waals surface area (Å²) in [6.45, 7) is 0.588. The minimum absolute atomic E-state index is 0.542. The molecular formula is C8H14FN5. The third-order valence-electron chi connectivity index (χ3n) is 2.73. The van der Waals surface area contributed by atoms with E-state index in [1.54, 1.807) is 7.05 Å². The molecule has 2 rings (SSSR count). The number of anilines is 1. The van der Waals surface area contributed by atoms with Gasteiger partial charge in [0.05, 0.1) is 0 Å². The summed E-state index contributed by atoms with van der Waals surface area (Å²) in [6.07, 6.45) is 2.96. The van der Waals surface area contributed by atoms with Crippen LogP contribution in [0.15, 0.2) is 0 Å². The molecule has 0 radical (unpaired) electrons. The second-order valence-electron chi connectivity index (χ2n) is 3.81. The fraction of sp³-hybridized carbons (Fsp3) is 0.875. The summed E-state index contributed by atoms with van der Waals surface area (Å²) in [5.74, 6) is 0.591. The van der Waals surface area contributed by atoms with Crippen molar-refractivity contribution < 1.29 is 4.39 Å². The summed E-state index contributed by atoms with van der Waals surface area (Å²) in [4.78, 5) is 0. The zero-order valence-electron chi connectivity index (χ0n) is 8.20. The molecule has 0 aromatic carbocycles. The van der Waals surface area contributed by atoms with Gasteiger partial charge in [-0.3, -0.25) is 0 Å².